The first-order valence-corrected chi connectivity index (χ1v) is 8.34. The Kier molecular flexibility index (Phi) is 5.62. The van der Waals surface area contributed by atoms with Crippen LogP contribution in [0.1, 0.15) is 46.0 Å². The van der Waals surface area contributed by atoms with Gasteiger partial charge in [0.1, 0.15) is 0 Å². The molecule has 1 aliphatic carbocycles. The fourth-order valence-electron chi connectivity index (χ4n) is 3.98. The van der Waals surface area contributed by atoms with Gasteiger partial charge in [0.2, 0.25) is 5.91 Å². The summed E-state index contributed by atoms with van der Waals surface area (Å²) in [6.45, 7) is 8.03. The Bertz CT molecular complexity index is 374. The molecular weight excluding hydrogens is 268 g/mol. The molecule has 1 saturated carbocycles. The zero-order chi connectivity index (χ0) is 15.4. The van der Waals surface area contributed by atoms with E-state index >= 15 is 0 Å². The Balaban J connectivity index is 1.90. The maximum Gasteiger partial charge on any atom is 0.307 e. The van der Waals surface area contributed by atoms with E-state index in [-0.39, 0.29) is 11.8 Å². The molecule has 1 aliphatic heterocycles. The second kappa shape index (κ2) is 7.25. The first-order valence-electron chi connectivity index (χ1n) is 8.34. The molecule has 1 saturated heterocycles. The van der Waals surface area contributed by atoms with Crippen LogP contribution in [0.4, 0.5) is 0 Å². The van der Waals surface area contributed by atoms with Crippen LogP contribution in [0.3, 0.4) is 0 Å². The van der Waals surface area contributed by atoms with Gasteiger partial charge in [0.25, 0.3) is 0 Å². The van der Waals surface area contributed by atoms with E-state index in [4.69, 9.17) is 0 Å². The van der Waals surface area contributed by atoms with Gasteiger partial charge in [0.15, 0.2) is 0 Å². The molecule has 5 heteroatoms. The average molecular weight is 296 g/mol. The largest absolute Gasteiger partial charge is 0.481 e. The van der Waals surface area contributed by atoms with Crippen LogP contribution in [0, 0.1) is 11.8 Å². The number of hydrogen-bond acceptors (Lipinski definition) is 3. The predicted octanol–water partition coefficient (Wildman–Crippen LogP) is 1.82. The third kappa shape index (κ3) is 3.57. The van der Waals surface area contributed by atoms with Crippen LogP contribution < -0.4 is 0 Å². The molecule has 1 N–H and O–H groups in total. The van der Waals surface area contributed by atoms with E-state index in [0.29, 0.717) is 12.5 Å². The molecule has 21 heavy (non-hydrogen) atoms. The molecule has 1 amide bonds. The van der Waals surface area contributed by atoms with E-state index in [1.165, 1.54) is 0 Å². The highest BCUT2D eigenvalue weighted by Gasteiger charge is 2.40. The highest BCUT2D eigenvalue weighted by molar-refractivity contribution is 5.85. The van der Waals surface area contributed by atoms with E-state index in [1.807, 2.05) is 4.90 Å². The Labute approximate surface area is 127 Å². The number of likely N-dealkylation sites (tertiary alicyclic amines) is 1. The highest BCUT2D eigenvalue weighted by atomic mass is 16.4. The Hall–Kier alpha value is -1.10. The fraction of sp³-hybridized carbons (Fsp3) is 0.875. The first-order chi connectivity index (χ1) is 10.1. The van der Waals surface area contributed by atoms with Gasteiger partial charge in [-0.15, -0.1) is 0 Å². The molecule has 2 fully saturated rings. The minimum absolute atomic E-state index is 0.0814. The van der Waals surface area contributed by atoms with Crippen molar-refractivity contribution in [3.05, 3.63) is 0 Å². The summed E-state index contributed by atoms with van der Waals surface area (Å²) in [6.07, 6.45) is 4.28. The van der Waals surface area contributed by atoms with Gasteiger partial charge in [-0.3, -0.25) is 9.59 Å². The quantitative estimate of drug-likeness (QED) is 0.840. The normalized spacial score (nSPS) is 27.3. The van der Waals surface area contributed by atoms with Crippen LogP contribution in [0.5, 0.6) is 0 Å². The SMILES string of the molecule is CCN(CC)C1CCN(C(=O)C2CCCC2C(=O)O)CC1. The van der Waals surface area contributed by atoms with Gasteiger partial charge in [-0.2, -0.15) is 0 Å². The van der Waals surface area contributed by atoms with Crippen molar-refractivity contribution in [3.63, 3.8) is 0 Å². The van der Waals surface area contributed by atoms with Gasteiger partial charge in [0, 0.05) is 19.1 Å². The topological polar surface area (TPSA) is 60.9 Å². The van der Waals surface area contributed by atoms with Gasteiger partial charge in [0.05, 0.1) is 11.8 Å². The lowest BCUT2D eigenvalue weighted by Gasteiger charge is -2.38. The number of hydrogen-bond donors (Lipinski definition) is 1. The molecule has 2 aliphatic rings. The summed E-state index contributed by atoms with van der Waals surface area (Å²) in [6, 6.07) is 0.572. The number of amides is 1. The summed E-state index contributed by atoms with van der Waals surface area (Å²) in [5.74, 6) is -1.47. The first kappa shape index (κ1) is 16.3. The van der Waals surface area contributed by atoms with Crippen molar-refractivity contribution in [3.8, 4) is 0 Å². The lowest BCUT2D eigenvalue weighted by molar-refractivity contribution is -0.149. The molecule has 120 valence electrons. The van der Waals surface area contributed by atoms with Crippen molar-refractivity contribution >= 4 is 11.9 Å². The van der Waals surface area contributed by atoms with Crippen LogP contribution in [-0.4, -0.2) is 59.0 Å². The zero-order valence-electron chi connectivity index (χ0n) is 13.3. The average Bonchev–Trinajstić information content (AvgIpc) is 2.98. The van der Waals surface area contributed by atoms with Crippen LogP contribution in [0.25, 0.3) is 0 Å². The van der Waals surface area contributed by atoms with Crippen LogP contribution >= 0.6 is 0 Å². The maximum absolute atomic E-state index is 12.6. The van der Waals surface area contributed by atoms with Crippen LogP contribution in [0.2, 0.25) is 0 Å². The Morgan fingerprint density at radius 1 is 1.05 bits per heavy atom. The number of carbonyl (C=O) groups excluding carboxylic acids is 1. The van der Waals surface area contributed by atoms with Gasteiger partial charge in [-0.1, -0.05) is 20.3 Å². The predicted molar refractivity (Wildman–Crippen MR) is 81.0 cm³/mol. The number of piperidine rings is 1. The number of aliphatic carboxylic acids is 1. The van der Waals surface area contributed by atoms with Crippen molar-refractivity contribution < 1.29 is 14.7 Å². The minimum atomic E-state index is -0.802. The molecule has 0 aromatic carbocycles. The second-order valence-electron chi connectivity index (χ2n) is 6.26. The molecule has 2 rings (SSSR count). The van der Waals surface area contributed by atoms with E-state index in [9.17, 15) is 14.7 Å². The number of carbonyl (C=O) groups is 2. The molecule has 0 bridgehead atoms. The summed E-state index contributed by atoms with van der Waals surface area (Å²) < 4.78 is 0. The summed E-state index contributed by atoms with van der Waals surface area (Å²) in [4.78, 5) is 28.2. The zero-order valence-corrected chi connectivity index (χ0v) is 13.3. The number of carboxylic acids is 1. The van der Waals surface area contributed by atoms with Gasteiger partial charge in [-0.25, -0.2) is 0 Å². The van der Waals surface area contributed by atoms with E-state index in [1.54, 1.807) is 0 Å². The molecule has 2 unspecified atom stereocenters. The monoisotopic (exact) mass is 296 g/mol. The van der Waals surface area contributed by atoms with Crippen molar-refractivity contribution in [1.29, 1.82) is 0 Å². The van der Waals surface area contributed by atoms with Crippen molar-refractivity contribution in [1.82, 2.24) is 9.80 Å². The van der Waals surface area contributed by atoms with E-state index < -0.39 is 11.9 Å². The van der Waals surface area contributed by atoms with Gasteiger partial charge in [-0.05, 0) is 38.8 Å². The second-order valence-corrected chi connectivity index (χ2v) is 6.26. The standard InChI is InChI=1S/C16H28N2O3/c1-3-17(4-2)12-8-10-18(11-9-12)15(19)13-6-5-7-14(13)16(20)21/h12-14H,3-11H2,1-2H3,(H,20,21). The number of rotatable bonds is 5. The van der Waals surface area contributed by atoms with E-state index in [2.05, 4.69) is 18.7 Å². The lowest BCUT2D eigenvalue weighted by Crippen LogP contribution is -2.48. The molecular formula is C16H28N2O3. The lowest BCUT2D eigenvalue weighted by atomic mass is 9.93. The number of carboxylic acid groups (broad SMARTS) is 1. The summed E-state index contributed by atoms with van der Waals surface area (Å²) in [5.41, 5.74) is 0. The van der Waals surface area contributed by atoms with Crippen LogP contribution in [-0.2, 0) is 9.59 Å². The van der Waals surface area contributed by atoms with Gasteiger partial charge < -0.3 is 14.9 Å². The molecule has 0 spiro atoms. The third-order valence-corrected chi connectivity index (χ3v) is 5.26. The smallest absolute Gasteiger partial charge is 0.307 e. The fourth-order valence-corrected chi connectivity index (χ4v) is 3.98. The molecule has 1 heterocycles. The summed E-state index contributed by atoms with van der Waals surface area (Å²) in [7, 11) is 0. The molecule has 0 aromatic rings. The Morgan fingerprint density at radius 2 is 1.62 bits per heavy atom. The summed E-state index contributed by atoms with van der Waals surface area (Å²) in [5, 5.41) is 9.23. The highest BCUT2D eigenvalue weighted by Crippen LogP contribution is 2.34. The Morgan fingerprint density at radius 3 is 2.14 bits per heavy atom. The molecule has 0 aromatic heterocycles. The number of nitrogens with zero attached hydrogens (tertiary/aromatic N) is 2. The maximum atomic E-state index is 12.6. The van der Waals surface area contributed by atoms with E-state index in [0.717, 1.165) is 51.9 Å². The molecule has 2 atom stereocenters. The van der Waals surface area contributed by atoms with Gasteiger partial charge >= 0.3 is 5.97 Å². The molecule has 5 nitrogen and oxygen atoms in total. The van der Waals surface area contributed by atoms with Crippen molar-refractivity contribution in [2.24, 2.45) is 11.8 Å². The molecule has 0 radical (unpaired) electrons. The van der Waals surface area contributed by atoms with Crippen LogP contribution in [0.15, 0.2) is 0 Å². The summed E-state index contributed by atoms with van der Waals surface area (Å²) >= 11 is 0. The van der Waals surface area contributed by atoms with Crippen molar-refractivity contribution in [2.75, 3.05) is 26.2 Å². The minimum Gasteiger partial charge on any atom is -0.481 e. The third-order valence-electron chi connectivity index (χ3n) is 5.26. The van der Waals surface area contributed by atoms with Crippen molar-refractivity contribution in [2.45, 2.75) is 52.0 Å².